The standard InChI is InChI=1S/C17H26N2O4S/c1-2-11-24(20,21)19-9-6-16-17(13-19,7-4-10-22-16)14-23-15-5-3-8-18-12-15/h3,5,8,12,16H,2,4,6-7,9-11,13-14H2,1H3. The summed E-state index contributed by atoms with van der Waals surface area (Å²) >= 11 is 0. The summed E-state index contributed by atoms with van der Waals surface area (Å²) in [7, 11) is -3.20. The van der Waals surface area contributed by atoms with Crippen LogP contribution in [-0.4, -0.2) is 55.9 Å². The first-order valence-electron chi connectivity index (χ1n) is 8.68. The Morgan fingerprint density at radius 1 is 1.50 bits per heavy atom. The maximum absolute atomic E-state index is 12.5. The van der Waals surface area contributed by atoms with E-state index in [9.17, 15) is 8.42 Å². The third-order valence-electron chi connectivity index (χ3n) is 4.97. The van der Waals surface area contributed by atoms with E-state index in [0.29, 0.717) is 31.9 Å². The zero-order valence-electron chi connectivity index (χ0n) is 14.2. The highest BCUT2D eigenvalue weighted by atomic mass is 32.2. The SMILES string of the molecule is CCCS(=O)(=O)N1CCC2OCCCC2(COc2cccnc2)C1. The van der Waals surface area contributed by atoms with E-state index in [0.717, 1.165) is 25.9 Å². The van der Waals surface area contributed by atoms with Gasteiger partial charge in [0.25, 0.3) is 0 Å². The molecular weight excluding hydrogens is 328 g/mol. The van der Waals surface area contributed by atoms with Crippen LogP contribution in [0.15, 0.2) is 24.5 Å². The van der Waals surface area contributed by atoms with E-state index < -0.39 is 10.0 Å². The molecule has 0 aromatic carbocycles. The molecule has 134 valence electrons. The minimum atomic E-state index is -3.20. The van der Waals surface area contributed by atoms with Gasteiger partial charge in [-0.1, -0.05) is 6.92 Å². The van der Waals surface area contributed by atoms with E-state index >= 15 is 0 Å². The largest absolute Gasteiger partial charge is 0.491 e. The molecule has 0 saturated carbocycles. The molecule has 0 N–H and O–H groups in total. The first-order valence-corrected chi connectivity index (χ1v) is 10.3. The molecule has 1 aromatic rings. The van der Waals surface area contributed by atoms with Crippen molar-refractivity contribution >= 4 is 10.0 Å². The van der Waals surface area contributed by atoms with Crippen LogP contribution in [-0.2, 0) is 14.8 Å². The first-order chi connectivity index (χ1) is 11.6. The van der Waals surface area contributed by atoms with Crippen molar-refractivity contribution in [1.82, 2.24) is 9.29 Å². The van der Waals surface area contributed by atoms with Gasteiger partial charge in [0.05, 0.1) is 24.7 Å². The average molecular weight is 354 g/mol. The molecule has 0 bridgehead atoms. The average Bonchev–Trinajstić information content (AvgIpc) is 2.60. The Hall–Kier alpha value is -1.18. The van der Waals surface area contributed by atoms with Crippen LogP contribution < -0.4 is 4.74 Å². The van der Waals surface area contributed by atoms with Crippen LogP contribution in [0, 0.1) is 5.41 Å². The topological polar surface area (TPSA) is 68.7 Å². The Bertz CT molecular complexity index is 637. The molecule has 24 heavy (non-hydrogen) atoms. The Morgan fingerprint density at radius 3 is 3.12 bits per heavy atom. The molecule has 2 fully saturated rings. The van der Waals surface area contributed by atoms with E-state index in [1.807, 2.05) is 19.1 Å². The Labute approximate surface area is 144 Å². The minimum absolute atomic E-state index is 0.0657. The van der Waals surface area contributed by atoms with E-state index in [-0.39, 0.29) is 17.3 Å². The maximum atomic E-state index is 12.5. The maximum Gasteiger partial charge on any atom is 0.214 e. The number of piperidine rings is 1. The van der Waals surface area contributed by atoms with Gasteiger partial charge in [-0.05, 0) is 37.8 Å². The second-order valence-corrected chi connectivity index (χ2v) is 8.83. The number of rotatable bonds is 6. The lowest BCUT2D eigenvalue weighted by Gasteiger charge is -2.49. The number of aromatic nitrogens is 1. The lowest BCUT2D eigenvalue weighted by Crippen LogP contribution is -2.58. The Kier molecular flexibility index (Phi) is 5.42. The third kappa shape index (κ3) is 3.73. The summed E-state index contributed by atoms with van der Waals surface area (Å²) in [5.41, 5.74) is -0.271. The lowest BCUT2D eigenvalue weighted by atomic mass is 9.73. The van der Waals surface area contributed by atoms with Crippen LogP contribution in [0.25, 0.3) is 0 Å². The highest BCUT2D eigenvalue weighted by Crippen LogP contribution is 2.41. The smallest absolute Gasteiger partial charge is 0.214 e. The van der Waals surface area contributed by atoms with Gasteiger partial charge in [-0.15, -0.1) is 0 Å². The number of hydrogen-bond donors (Lipinski definition) is 0. The van der Waals surface area contributed by atoms with Crippen LogP contribution in [0.1, 0.15) is 32.6 Å². The molecule has 3 rings (SSSR count). The van der Waals surface area contributed by atoms with Gasteiger partial charge in [0.15, 0.2) is 0 Å². The van der Waals surface area contributed by atoms with Gasteiger partial charge in [-0.25, -0.2) is 12.7 Å². The fraction of sp³-hybridized carbons (Fsp3) is 0.706. The molecule has 2 saturated heterocycles. The quantitative estimate of drug-likeness (QED) is 0.782. The van der Waals surface area contributed by atoms with Crippen molar-refractivity contribution in [1.29, 1.82) is 0 Å². The van der Waals surface area contributed by atoms with Crippen molar-refractivity contribution in [2.45, 2.75) is 38.7 Å². The molecule has 2 aliphatic heterocycles. The fourth-order valence-corrected chi connectivity index (χ4v) is 5.36. The number of nitrogens with zero attached hydrogens (tertiary/aromatic N) is 2. The fourth-order valence-electron chi connectivity index (χ4n) is 3.74. The molecule has 0 radical (unpaired) electrons. The van der Waals surface area contributed by atoms with Gasteiger partial charge in [0.1, 0.15) is 5.75 Å². The molecule has 2 aliphatic rings. The van der Waals surface area contributed by atoms with Gasteiger partial charge in [0, 0.05) is 31.3 Å². The number of pyridine rings is 1. The summed E-state index contributed by atoms with van der Waals surface area (Å²) in [6, 6.07) is 3.71. The van der Waals surface area contributed by atoms with Gasteiger partial charge in [-0.3, -0.25) is 4.98 Å². The monoisotopic (exact) mass is 354 g/mol. The van der Waals surface area contributed by atoms with Crippen LogP contribution in [0.5, 0.6) is 5.75 Å². The molecule has 3 heterocycles. The molecular formula is C17H26N2O4S. The summed E-state index contributed by atoms with van der Waals surface area (Å²) in [6.45, 7) is 4.14. The molecule has 0 amide bonds. The summed E-state index contributed by atoms with van der Waals surface area (Å²) in [4.78, 5) is 4.07. The van der Waals surface area contributed by atoms with Crippen LogP contribution in [0.3, 0.4) is 0 Å². The number of sulfonamides is 1. The summed E-state index contributed by atoms with van der Waals surface area (Å²) in [5.74, 6) is 0.919. The van der Waals surface area contributed by atoms with Crippen molar-refractivity contribution in [3.8, 4) is 5.75 Å². The molecule has 7 heteroatoms. The first kappa shape index (κ1) is 17.6. The predicted molar refractivity (Wildman–Crippen MR) is 91.4 cm³/mol. The van der Waals surface area contributed by atoms with Crippen LogP contribution >= 0.6 is 0 Å². The van der Waals surface area contributed by atoms with E-state index in [2.05, 4.69) is 4.98 Å². The number of hydrogen-bond acceptors (Lipinski definition) is 5. The zero-order valence-corrected chi connectivity index (χ0v) is 15.0. The van der Waals surface area contributed by atoms with Crippen molar-refractivity contribution in [2.75, 3.05) is 32.1 Å². The molecule has 6 nitrogen and oxygen atoms in total. The van der Waals surface area contributed by atoms with Crippen LogP contribution in [0.4, 0.5) is 0 Å². The predicted octanol–water partition coefficient (Wildman–Crippen LogP) is 2.07. The summed E-state index contributed by atoms with van der Waals surface area (Å²) in [5, 5.41) is 0. The molecule has 0 aliphatic carbocycles. The van der Waals surface area contributed by atoms with Gasteiger partial charge >= 0.3 is 0 Å². The van der Waals surface area contributed by atoms with Crippen molar-refractivity contribution in [3.05, 3.63) is 24.5 Å². The second-order valence-electron chi connectivity index (χ2n) is 6.74. The number of ether oxygens (including phenoxy) is 2. The van der Waals surface area contributed by atoms with Gasteiger partial charge in [0.2, 0.25) is 10.0 Å². The Balaban J connectivity index is 1.77. The lowest BCUT2D eigenvalue weighted by molar-refractivity contribution is -0.128. The normalized spacial score (nSPS) is 28.3. The molecule has 1 aromatic heterocycles. The molecule has 2 atom stereocenters. The highest BCUT2D eigenvalue weighted by Gasteiger charge is 2.48. The van der Waals surface area contributed by atoms with Crippen molar-refractivity contribution in [2.24, 2.45) is 5.41 Å². The number of fused-ring (bicyclic) bond motifs is 1. The molecule has 2 unspecified atom stereocenters. The summed E-state index contributed by atoms with van der Waals surface area (Å²) < 4.78 is 38.6. The van der Waals surface area contributed by atoms with Gasteiger partial charge < -0.3 is 9.47 Å². The third-order valence-corrected chi connectivity index (χ3v) is 6.99. The van der Waals surface area contributed by atoms with E-state index in [4.69, 9.17) is 9.47 Å². The zero-order chi connectivity index (χ0) is 17.0. The Morgan fingerprint density at radius 2 is 2.38 bits per heavy atom. The van der Waals surface area contributed by atoms with E-state index in [1.165, 1.54) is 0 Å². The highest BCUT2D eigenvalue weighted by molar-refractivity contribution is 7.89. The second kappa shape index (κ2) is 7.37. The minimum Gasteiger partial charge on any atom is -0.491 e. The van der Waals surface area contributed by atoms with Crippen molar-refractivity contribution < 1.29 is 17.9 Å². The van der Waals surface area contributed by atoms with Crippen LogP contribution in [0.2, 0.25) is 0 Å². The van der Waals surface area contributed by atoms with Crippen molar-refractivity contribution in [3.63, 3.8) is 0 Å². The van der Waals surface area contributed by atoms with E-state index in [1.54, 1.807) is 16.7 Å². The summed E-state index contributed by atoms with van der Waals surface area (Å²) in [6.07, 6.45) is 6.69. The van der Waals surface area contributed by atoms with Gasteiger partial charge in [-0.2, -0.15) is 0 Å². The molecule has 0 spiro atoms.